The van der Waals surface area contributed by atoms with E-state index in [9.17, 15) is 4.39 Å². The molecule has 0 radical (unpaired) electrons. The Kier molecular flexibility index (Phi) is 1.88. The molecule has 1 aliphatic heterocycles. The first-order chi connectivity index (χ1) is 4.24. The average Bonchev–Trinajstić information content (AvgIpc) is 2.13. The molecule has 0 saturated heterocycles. The highest BCUT2D eigenvalue weighted by Crippen LogP contribution is 2.17. The van der Waals surface area contributed by atoms with Gasteiger partial charge in [-0.15, -0.1) is 0 Å². The average molecular weight is 130 g/mol. The summed E-state index contributed by atoms with van der Waals surface area (Å²) < 4.78 is 17.3. The second kappa shape index (κ2) is 2.50. The molecule has 0 bridgehead atoms. The maximum absolute atomic E-state index is 12.4. The van der Waals surface area contributed by atoms with Crippen molar-refractivity contribution in [2.45, 2.75) is 12.1 Å². The van der Waals surface area contributed by atoms with Crippen molar-refractivity contribution in [3.63, 3.8) is 0 Å². The maximum Gasteiger partial charge on any atom is 0.148 e. The van der Waals surface area contributed by atoms with Crippen LogP contribution in [0.4, 0.5) is 4.39 Å². The predicted octanol–water partition coefficient (Wildman–Crippen LogP) is -0.810. The van der Waals surface area contributed by atoms with Crippen LogP contribution in [-0.2, 0) is 4.74 Å². The first-order valence-electron chi connectivity index (χ1n) is 2.87. The fourth-order valence-corrected chi connectivity index (χ4v) is 0.775. The maximum atomic E-state index is 12.4. The summed E-state index contributed by atoms with van der Waals surface area (Å²) in [6.07, 6.45) is 0.866. The summed E-state index contributed by atoms with van der Waals surface area (Å²) in [5.74, 6) is -0.283. The van der Waals surface area contributed by atoms with Gasteiger partial charge in [0.05, 0.1) is 12.6 Å². The quantitative estimate of drug-likeness (QED) is 0.470. The standard InChI is InChI=1S/C5H8BFO2/c6-5-4(7)1-3(2-8)9-5/h1,3,5,8H,2,6H2. The van der Waals surface area contributed by atoms with Crippen LogP contribution >= 0.6 is 0 Å². The molecule has 2 nitrogen and oxygen atoms in total. The smallest absolute Gasteiger partial charge is 0.148 e. The first-order valence-corrected chi connectivity index (χ1v) is 2.87. The number of hydrogen-bond donors (Lipinski definition) is 1. The van der Waals surface area contributed by atoms with Crippen LogP contribution in [0.25, 0.3) is 0 Å². The molecule has 0 aromatic heterocycles. The minimum absolute atomic E-state index is 0.141. The molecule has 9 heavy (non-hydrogen) atoms. The van der Waals surface area contributed by atoms with Crippen LogP contribution in [0.1, 0.15) is 0 Å². The van der Waals surface area contributed by atoms with Gasteiger partial charge < -0.3 is 9.84 Å². The number of aliphatic hydroxyl groups excluding tert-OH is 1. The van der Waals surface area contributed by atoms with E-state index in [4.69, 9.17) is 9.84 Å². The van der Waals surface area contributed by atoms with Crippen molar-refractivity contribution in [1.29, 1.82) is 0 Å². The van der Waals surface area contributed by atoms with E-state index in [1.54, 1.807) is 7.85 Å². The largest absolute Gasteiger partial charge is 0.393 e. The molecule has 0 fully saturated rings. The summed E-state index contributed by atoms with van der Waals surface area (Å²) in [6, 6.07) is -0.470. The van der Waals surface area contributed by atoms with Crippen molar-refractivity contribution in [3.05, 3.63) is 11.9 Å². The second-order valence-electron chi connectivity index (χ2n) is 2.05. The van der Waals surface area contributed by atoms with Gasteiger partial charge in [0.1, 0.15) is 19.8 Å². The molecule has 0 aliphatic carbocycles. The third kappa shape index (κ3) is 1.31. The van der Waals surface area contributed by atoms with Crippen LogP contribution in [0, 0.1) is 0 Å². The lowest BCUT2D eigenvalue weighted by molar-refractivity contribution is 0.0517. The van der Waals surface area contributed by atoms with Gasteiger partial charge in [0.2, 0.25) is 0 Å². The zero-order chi connectivity index (χ0) is 6.85. The monoisotopic (exact) mass is 130 g/mol. The van der Waals surface area contributed by atoms with Gasteiger partial charge in [-0.1, -0.05) is 0 Å². The van der Waals surface area contributed by atoms with E-state index in [2.05, 4.69) is 0 Å². The molecule has 0 spiro atoms. The molecule has 50 valence electrons. The zero-order valence-corrected chi connectivity index (χ0v) is 5.17. The molecular formula is C5H8BFO2. The summed E-state index contributed by atoms with van der Waals surface area (Å²) in [5, 5.41) is 8.47. The summed E-state index contributed by atoms with van der Waals surface area (Å²) in [5.41, 5.74) is 0. The Morgan fingerprint density at radius 1 is 1.89 bits per heavy atom. The summed E-state index contributed by atoms with van der Waals surface area (Å²) in [4.78, 5) is 0. The molecule has 1 aliphatic rings. The lowest BCUT2D eigenvalue weighted by Crippen LogP contribution is -2.15. The van der Waals surface area contributed by atoms with Gasteiger partial charge in [0.25, 0.3) is 0 Å². The summed E-state index contributed by atoms with van der Waals surface area (Å²) in [6.45, 7) is -0.141. The van der Waals surface area contributed by atoms with Crippen LogP contribution < -0.4 is 0 Å². The van der Waals surface area contributed by atoms with E-state index in [1.165, 1.54) is 6.08 Å². The van der Waals surface area contributed by atoms with E-state index in [0.717, 1.165) is 0 Å². The number of ether oxygens (including phenoxy) is 1. The third-order valence-corrected chi connectivity index (χ3v) is 1.29. The van der Waals surface area contributed by atoms with Gasteiger partial charge in [0.15, 0.2) is 0 Å². The molecule has 2 unspecified atom stereocenters. The molecule has 1 heterocycles. The van der Waals surface area contributed by atoms with Gasteiger partial charge in [0, 0.05) is 0 Å². The van der Waals surface area contributed by atoms with Gasteiger partial charge in [-0.25, -0.2) is 4.39 Å². The number of hydrogen-bond acceptors (Lipinski definition) is 2. The second-order valence-corrected chi connectivity index (χ2v) is 2.05. The Hall–Kier alpha value is -0.345. The number of halogens is 1. The molecule has 4 heteroatoms. The van der Waals surface area contributed by atoms with E-state index >= 15 is 0 Å². The van der Waals surface area contributed by atoms with Crippen molar-refractivity contribution in [2.75, 3.05) is 6.61 Å². The van der Waals surface area contributed by atoms with Crippen molar-refractivity contribution in [1.82, 2.24) is 0 Å². The van der Waals surface area contributed by atoms with Crippen LogP contribution in [0.5, 0.6) is 0 Å². The van der Waals surface area contributed by atoms with Gasteiger partial charge in [-0.2, -0.15) is 0 Å². The van der Waals surface area contributed by atoms with Crippen LogP contribution in [0.3, 0.4) is 0 Å². The Morgan fingerprint density at radius 3 is 2.78 bits per heavy atom. The fourth-order valence-electron chi connectivity index (χ4n) is 0.775. The topological polar surface area (TPSA) is 29.5 Å². The highest BCUT2D eigenvalue weighted by Gasteiger charge is 2.22. The number of aliphatic hydroxyl groups is 1. The third-order valence-electron chi connectivity index (χ3n) is 1.29. The molecular weight excluding hydrogens is 122 g/mol. The minimum Gasteiger partial charge on any atom is -0.393 e. The van der Waals surface area contributed by atoms with Crippen molar-refractivity contribution < 1.29 is 14.2 Å². The molecule has 0 saturated carbocycles. The van der Waals surface area contributed by atoms with E-state index in [0.29, 0.717) is 0 Å². The van der Waals surface area contributed by atoms with E-state index in [-0.39, 0.29) is 12.4 Å². The van der Waals surface area contributed by atoms with E-state index < -0.39 is 12.1 Å². The lowest BCUT2D eigenvalue weighted by Gasteiger charge is -2.05. The molecule has 0 amide bonds. The molecule has 1 N–H and O–H groups in total. The highest BCUT2D eigenvalue weighted by molar-refractivity contribution is 6.12. The highest BCUT2D eigenvalue weighted by atomic mass is 19.1. The lowest BCUT2D eigenvalue weighted by atomic mass is 10.0. The molecule has 0 aromatic rings. The Labute approximate surface area is 53.7 Å². The van der Waals surface area contributed by atoms with Crippen LogP contribution in [0.2, 0.25) is 0 Å². The zero-order valence-electron chi connectivity index (χ0n) is 5.17. The normalized spacial score (nSPS) is 34.7. The van der Waals surface area contributed by atoms with Crippen molar-refractivity contribution in [3.8, 4) is 0 Å². The predicted molar refractivity (Wildman–Crippen MR) is 33.5 cm³/mol. The van der Waals surface area contributed by atoms with Gasteiger partial charge >= 0.3 is 0 Å². The van der Waals surface area contributed by atoms with E-state index in [1.807, 2.05) is 0 Å². The van der Waals surface area contributed by atoms with Crippen molar-refractivity contribution >= 4 is 7.85 Å². The van der Waals surface area contributed by atoms with Gasteiger partial charge in [-0.05, 0) is 6.08 Å². The first kappa shape index (κ1) is 6.77. The van der Waals surface area contributed by atoms with Crippen LogP contribution in [0.15, 0.2) is 11.9 Å². The molecule has 1 rings (SSSR count). The van der Waals surface area contributed by atoms with Gasteiger partial charge in [-0.3, -0.25) is 0 Å². The molecule has 2 atom stereocenters. The molecule has 0 aromatic carbocycles. The summed E-state index contributed by atoms with van der Waals surface area (Å²) in [7, 11) is 1.61. The number of rotatable bonds is 1. The minimum atomic E-state index is -0.470. The Morgan fingerprint density at radius 2 is 2.56 bits per heavy atom. The SMILES string of the molecule is BC1OC(CO)C=C1F. The van der Waals surface area contributed by atoms with Crippen LogP contribution in [-0.4, -0.2) is 31.7 Å². The Bertz CT molecular complexity index is 137. The summed E-state index contributed by atoms with van der Waals surface area (Å²) >= 11 is 0. The van der Waals surface area contributed by atoms with Crippen molar-refractivity contribution in [2.24, 2.45) is 0 Å². The fraction of sp³-hybridized carbons (Fsp3) is 0.600. The Balaban J connectivity index is 2.52.